The van der Waals surface area contributed by atoms with E-state index in [1.165, 1.54) is 96.3 Å². The summed E-state index contributed by atoms with van der Waals surface area (Å²) in [7, 11) is 0. The van der Waals surface area contributed by atoms with Gasteiger partial charge in [0, 0.05) is 25.8 Å². The van der Waals surface area contributed by atoms with Crippen LogP contribution in [0, 0.1) is 0 Å². The second-order valence-electron chi connectivity index (χ2n) is 17.6. The number of esters is 3. The maximum absolute atomic E-state index is 12.3. The molecule has 356 valence electrons. The Bertz CT molecular complexity index is 878. The molecule has 1 N–H and O–H groups in total. The molecule has 0 radical (unpaired) electrons. The lowest BCUT2D eigenvalue weighted by Crippen LogP contribution is -2.31. The molecule has 0 heterocycles. The van der Waals surface area contributed by atoms with E-state index in [9.17, 15) is 19.5 Å². The molecule has 60 heavy (non-hydrogen) atoms. The first kappa shape index (κ1) is 58.3. The van der Waals surface area contributed by atoms with Crippen LogP contribution in [0.1, 0.15) is 245 Å². The minimum Gasteiger partial charge on any atom is -0.466 e. The van der Waals surface area contributed by atoms with Crippen LogP contribution < -0.4 is 0 Å². The summed E-state index contributed by atoms with van der Waals surface area (Å²) in [6.07, 6.45) is 38.1. The zero-order chi connectivity index (χ0) is 43.8. The van der Waals surface area contributed by atoms with E-state index in [0.29, 0.717) is 45.6 Å². The molecule has 0 aliphatic rings. The van der Waals surface area contributed by atoms with Gasteiger partial charge in [0.15, 0.2) is 0 Å². The van der Waals surface area contributed by atoms with Crippen molar-refractivity contribution < 1.29 is 33.7 Å². The van der Waals surface area contributed by atoms with Crippen LogP contribution >= 0.6 is 0 Å². The fraction of sp³-hybridized carbons (Fsp3) is 0.941. The molecular formula is C51H100N2O7. The van der Waals surface area contributed by atoms with Crippen molar-refractivity contribution in [2.45, 2.75) is 245 Å². The van der Waals surface area contributed by atoms with Crippen molar-refractivity contribution in [3.63, 3.8) is 0 Å². The first-order valence-corrected chi connectivity index (χ1v) is 26.0. The van der Waals surface area contributed by atoms with E-state index in [4.69, 9.17) is 14.2 Å². The Morgan fingerprint density at radius 3 is 0.833 bits per heavy atom. The Morgan fingerprint density at radius 2 is 0.550 bits per heavy atom. The topological polar surface area (TPSA) is 106 Å². The number of aliphatic hydroxyl groups is 1. The first-order valence-electron chi connectivity index (χ1n) is 26.0. The normalized spacial score (nSPS) is 11.5. The third kappa shape index (κ3) is 44.3. The van der Waals surface area contributed by atoms with Crippen LogP contribution in [-0.2, 0) is 28.6 Å². The van der Waals surface area contributed by atoms with E-state index < -0.39 is 0 Å². The van der Waals surface area contributed by atoms with Gasteiger partial charge in [-0.25, -0.2) is 0 Å². The SMILES string of the molecule is CCCCCCCCCOC(=O)CCCCCN(CCO)CCCCN(CCCCCC(=O)OCCCCCCCCC)CCCCCC(=O)OCCCCCCCCC. The van der Waals surface area contributed by atoms with Gasteiger partial charge in [0.25, 0.3) is 0 Å². The molecule has 0 spiro atoms. The van der Waals surface area contributed by atoms with E-state index in [-0.39, 0.29) is 24.5 Å². The van der Waals surface area contributed by atoms with E-state index in [1.807, 2.05) is 0 Å². The Morgan fingerprint density at radius 1 is 0.317 bits per heavy atom. The van der Waals surface area contributed by atoms with Crippen LogP contribution in [0.5, 0.6) is 0 Å². The standard InChI is InChI=1S/C51H100N2O7/c1-4-7-10-13-16-19-33-46-58-49(55)36-25-22-28-39-52(40-29-23-26-37-50(56)59-47-34-20-17-14-11-8-5-2)42-31-32-43-53(44-45-54)41-30-24-27-38-51(57)60-48-35-21-18-15-12-9-6-3/h54H,4-48H2,1-3H3. The predicted molar refractivity (Wildman–Crippen MR) is 251 cm³/mol. The maximum Gasteiger partial charge on any atom is 0.305 e. The second kappa shape index (κ2) is 48.3. The van der Waals surface area contributed by atoms with E-state index in [0.717, 1.165) is 142 Å². The van der Waals surface area contributed by atoms with Gasteiger partial charge < -0.3 is 29.1 Å². The Balaban J connectivity index is 4.45. The minimum absolute atomic E-state index is 0.0530. The van der Waals surface area contributed by atoms with Gasteiger partial charge in [-0.1, -0.05) is 156 Å². The summed E-state index contributed by atoms with van der Waals surface area (Å²) in [6.45, 7) is 14.2. The van der Waals surface area contributed by atoms with Gasteiger partial charge in [0.1, 0.15) is 0 Å². The molecule has 0 bridgehead atoms. The van der Waals surface area contributed by atoms with Crippen LogP contribution in [0.25, 0.3) is 0 Å². The zero-order valence-corrected chi connectivity index (χ0v) is 40.1. The molecule has 0 amide bonds. The highest BCUT2D eigenvalue weighted by atomic mass is 16.5. The fourth-order valence-corrected chi connectivity index (χ4v) is 7.78. The number of carbonyl (C=O) groups is 3. The maximum atomic E-state index is 12.3. The molecule has 0 saturated heterocycles. The molecular weight excluding hydrogens is 753 g/mol. The average Bonchev–Trinajstić information content (AvgIpc) is 3.24. The van der Waals surface area contributed by atoms with Gasteiger partial charge >= 0.3 is 17.9 Å². The van der Waals surface area contributed by atoms with Gasteiger partial charge in [0.2, 0.25) is 0 Å². The van der Waals surface area contributed by atoms with Crippen LogP contribution in [0.3, 0.4) is 0 Å². The van der Waals surface area contributed by atoms with Crippen molar-refractivity contribution in [3.8, 4) is 0 Å². The van der Waals surface area contributed by atoms with Crippen molar-refractivity contribution in [2.24, 2.45) is 0 Å². The molecule has 0 aromatic carbocycles. The van der Waals surface area contributed by atoms with Crippen LogP contribution in [0.4, 0.5) is 0 Å². The molecule has 0 atom stereocenters. The highest BCUT2D eigenvalue weighted by Crippen LogP contribution is 2.13. The van der Waals surface area contributed by atoms with E-state index in [1.54, 1.807) is 0 Å². The summed E-state index contributed by atoms with van der Waals surface area (Å²) in [5.41, 5.74) is 0. The number of aliphatic hydroxyl groups excluding tert-OH is 1. The lowest BCUT2D eigenvalue weighted by atomic mass is 10.1. The summed E-state index contributed by atoms with van der Waals surface area (Å²) in [5, 5.41) is 9.71. The van der Waals surface area contributed by atoms with Crippen molar-refractivity contribution in [1.29, 1.82) is 0 Å². The molecule has 0 saturated carbocycles. The Kier molecular flexibility index (Phi) is 46.9. The van der Waals surface area contributed by atoms with Crippen molar-refractivity contribution >= 4 is 17.9 Å². The van der Waals surface area contributed by atoms with Gasteiger partial charge in [-0.05, 0) is 103 Å². The molecule has 0 fully saturated rings. The Hall–Kier alpha value is -1.71. The third-order valence-electron chi connectivity index (χ3n) is 11.7. The summed E-state index contributed by atoms with van der Waals surface area (Å²) < 4.78 is 16.4. The van der Waals surface area contributed by atoms with Crippen molar-refractivity contribution in [2.75, 3.05) is 65.7 Å². The van der Waals surface area contributed by atoms with Crippen molar-refractivity contribution in [1.82, 2.24) is 9.80 Å². The van der Waals surface area contributed by atoms with E-state index in [2.05, 4.69) is 30.6 Å². The first-order chi connectivity index (χ1) is 29.5. The van der Waals surface area contributed by atoms with Crippen LogP contribution in [-0.4, -0.2) is 98.5 Å². The Labute approximate surface area is 371 Å². The quantitative estimate of drug-likeness (QED) is 0.0364. The average molecular weight is 853 g/mol. The zero-order valence-electron chi connectivity index (χ0n) is 40.1. The molecule has 0 aliphatic carbocycles. The number of rotatable bonds is 49. The summed E-state index contributed by atoms with van der Waals surface area (Å²) in [5.74, 6) is -0.170. The molecule has 9 heteroatoms. The van der Waals surface area contributed by atoms with Gasteiger partial charge in [-0.2, -0.15) is 0 Å². The monoisotopic (exact) mass is 853 g/mol. The van der Waals surface area contributed by atoms with Gasteiger partial charge in [-0.3, -0.25) is 14.4 Å². The molecule has 0 aromatic rings. The predicted octanol–water partition coefficient (Wildman–Crippen LogP) is 12.9. The van der Waals surface area contributed by atoms with Crippen molar-refractivity contribution in [3.05, 3.63) is 0 Å². The van der Waals surface area contributed by atoms with Gasteiger partial charge in [-0.15, -0.1) is 0 Å². The lowest BCUT2D eigenvalue weighted by Gasteiger charge is -2.24. The second-order valence-corrected chi connectivity index (χ2v) is 17.6. The number of hydrogen-bond donors (Lipinski definition) is 1. The van der Waals surface area contributed by atoms with Crippen LogP contribution in [0.2, 0.25) is 0 Å². The number of ether oxygens (including phenoxy) is 3. The highest BCUT2D eigenvalue weighted by Gasteiger charge is 2.10. The van der Waals surface area contributed by atoms with Crippen LogP contribution in [0.15, 0.2) is 0 Å². The molecule has 0 aromatic heterocycles. The number of unbranched alkanes of at least 4 members (excludes halogenated alkanes) is 25. The third-order valence-corrected chi connectivity index (χ3v) is 11.7. The highest BCUT2D eigenvalue weighted by molar-refractivity contribution is 5.69. The summed E-state index contributed by atoms with van der Waals surface area (Å²) >= 11 is 0. The molecule has 0 unspecified atom stereocenters. The number of hydrogen-bond acceptors (Lipinski definition) is 9. The molecule has 0 rings (SSSR count). The van der Waals surface area contributed by atoms with E-state index >= 15 is 0 Å². The number of nitrogens with zero attached hydrogens (tertiary/aromatic N) is 2. The summed E-state index contributed by atoms with van der Waals surface area (Å²) in [4.78, 5) is 41.6. The summed E-state index contributed by atoms with van der Waals surface area (Å²) in [6, 6.07) is 0. The smallest absolute Gasteiger partial charge is 0.305 e. The number of carbonyl (C=O) groups excluding carboxylic acids is 3. The minimum atomic E-state index is -0.0640. The van der Waals surface area contributed by atoms with Gasteiger partial charge in [0.05, 0.1) is 26.4 Å². The largest absolute Gasteiger partial charge is 0.466 e. The fourth-order valence-electron chi connectivity index (χ4n) is 7.78. The molecule has 9 nitrogen and oxygen atoms in total. The lowest BCUT2D eigenvalue weighted by molar-refractivity contribution is -0.144. The molecule has 0 aliphatic heterocycles.